The molecule has 1 N–H and O–H groups in total. The quantitative estimate of drug-likeness (QED) is 0.194. The van der Waals surface area contributed by atoms with Gasteiger partial charge in [0.05, 0.1) is 26.6 Å². The fraction of sp³-hybridized carbons (Fsp3) is 0. The van der Waals surface area contributed by atoms with Crippen molar-refractivity contribution in [3.05, 3.63) is 69.8 Å². The first-order valence-corrected chi connectivity index (χ1v) is 8.78. The second-order valence-corrected chi connectivity index (χ2v) is 6.88. The number of fused-ring (bicyclic) bond motifs is 3. The van der Waals surface area contributed by atoms with Crippen LogP contribution in [-0.2, 0) is 0 Å². The topological polar surface area (TPSA) is 77.9 Å². The number of halogens is 2. The van der Waals surface area contributed by atoms with E-state index in [0.717, 1.165) is 9.46 Å². The molecule has 0 saturated carbocycles. The largest absolute Gasteiger partial charge is 0.618 e. The van der Waals surface area contributed by atoms with Gasteiger partial charge in [-0.05, 0) is 18.2 Å². The van der Waals surface area contributed by atoms with Crippen LogP contribution in [0.3, 0.4) is 0 Å². The van der Waals surface area contributed by atoms with Crippen LogP contribution in [0.15, 0.2) is 54.6 Å². The first-order valence-electron chi connectivity index (χ1n) is 8.03. The summed E-state index contributed by atoms with van der Waals surface area (Å²) in [5.74, 6) is 0.363. The minimum Gasteiger partial charge on any atom is -0.618 e. The lowest BCUT2D eigenvalue weighted by Crippen LogP contribution is -2.30. The minimum absolute atomic E-state index is 0.278. The van der Waals surface area contributed by atoms with Gasteiger partial charge >= 0.3 is 0 Å². The van der Waals surface area contributed by atoms with Crippen molar-refractivity contribution in [1.29, 1.82) is 0 Å². The molecule has 5 aromatic rings. The lowest BCUT2D eigenvalue weighted by molar-refractivity contribution is -0.548. The molecule has 2 aromatic heterocycles. The lowest BCUT2D eigenvalue weighted by Gasteiger charge is -2.09. The maximum absolute atomic E-state index is 12.8. The van der Waals surface area contributed by atoms with E-state index in [2.05, 4.69) is 9.97 Å². The van der Waals surface area contributed by atoms with E-state index in [1.54, 1.807) is 54.6 Å². The van der Waals surface area contributed by atoms with Crippen molar-refractivity contribution in [3.63, 3.8) is 0 Å². The monoisotopic (exact) mass is 396 g/mol. The van der Waals surface area contributed by atoms with Crippen LogP contribution >= 0.6 is 23.2 Å². The second kappa shape index (κ2) is 5.70. The summed E-state index contributed by atoms with van der Waals surface area (Å²) in [7, 11) is 0. The molecule has 0 aliphatic heterocycles. The van der Waals surface area contributed by atoms with Crippen molar-refractivity contribution in [1.82, 2.24) is 14.7 Å². The first kappa shape index (κ1) is 16.1. The van der Waals surface area contributed by atoms with Crippen LogP contribution in [0.1, 0.15) is 0 Å². The number of rotatable bonds is 1. The van der Waals surface area contributed by atoms with Gasteiger partial charge in [-0.3, -0.25) is 0 Å². The highest BCUT2D eigenvalue weighted by Gasteiger charge is 2.20. The standard InChI is InChI=1S/C19H10Cl2N4O2/c20-10-4-3-5-11(21)18(10)19-22-12-8-16-17(9-13(12)23-19)25(27)15-7-2-1-6-14(15)24(16)26/h1-9,26H. The number of aromatic nitrogens is 4. The molecule has 0 aliphatic carbocycles. The summed E-state index contributed by atoms with van der Waals surface area (Å²) in [6.07, 6.45) is 0. The van der Waals surface area contributed by atoms with Gasteiger partial charge in [-0.15, -0.1) is 0 Å². The fourth-order valence-corrected chi connectivity index (χ4v) is 3.78. The van der Waals surface area contributed by atoms with Crippen LogP contribution in [0.25, 0.3) is 44.5 Å². The van der Waals surface area contributed by atoms with E-state index in [1.165, 1.54) is 0 Å². The number of nitrogens with zero attached hydrogens (tertiary/aromatic N) is 4. The van der Waals surface area contributed by atoms with Crippen LogP contribution in [0.4, 0.5) is 0 Å². The molecule has 0 saturated heterocycles. The van der Waals surface area contributed by atoms with E-state index in [9.17, 15) is 10.4 Å². The highest BCUT2D eigenvalue weighted by molar-refractivity contribution is 6.39. The summed E-state index contributed by atoms with van der Waals surface area (Å²) in [6.45, 7) is 0. The molecule has 0 radical (unpaired) electrons. The molecule has 0 unspecified atom stereocenters. The minimum atomic E-state index is 0.278. The normalized spacial score (nSPS) is 11.6. The van der Waals surface area contributed by atoms with Crippen LogP contribution in [-0.4, -0.2) is 19.9 Å². The number of hydrogen-bond acceptors (Lipinski definition) is 4. The summed E-state index contributed by atoms with van der Waals surface area (Å²) in [5.41, 5.74) is 2.90. The molecule has 8 heteroatoms. The Balaban J connectivity index is 1.86. The molecular weight excluding hydrogens is 387 g/mol. The number of hydrogen-bond donors (Lipinski definition) is 1. The molecule has 0 spiro atoms. The molecule has 0 amide bonds. The lowest BCUT2D eigenvalue weighted by atomic mass is 10.2. The molecule has 6 nitrogen and oxygen atoms in total. The van der Waals surface area contributed by atoms with E-state index >= 15 is 0 Å². The summed E-state index contributed by atoms with van der Waals surface area (Å²) in [5, 5.41) is 24.2. The Morgan fingerprint density at radius 3 is 2.26 bits per heavy atom. The van der Waals surface area contributed by atoms with Gasteiger partial charge in [0.25, 0.3) is 0 Å². The Labute approximate surface area is 162 Å². The highest BCUT2D eigenvalue weighted by atomic mass is 35.5. The Hall–Kier alpha value is -3.09. The predicted octanol–water partition coefficient (Wildman–Crippen LogP) is 4.58. The van der Waals surface area contributed by atoms with Crippen molar-refractivity contribution >= 4 is 56.3 Å². The molecule has 3 aromatic carbocycles. The zero-order valence-corrected chi connectivity index (χ0v) is 15.1. The molecule has 5 rings (SSSR count). The second-order valence-electron chi connectivity index (χ2n) is 6.07. The first-order chi connectivity index (χ1) is 13.0. The fourth-order valence-electron chi connectivity index (χ4n) is 3.22. The zero-order chi connectivity index (χ0) is 18.7. The van der Waals surface area contributed by atoms with Gasteiger partial charge in [-0.25, -0.2) is 9.97 Å². The van der Waals surface area contributed by atoms with Crippen molar-refractivity contribution < 1.29 is 9.94 Å². The van der Waals surface area contributed by atoms with Crippen molar-refractivity contribution in [2.75, 3.05) is 0 Å². The summed E-state index contributed by atoms with van der Waals surface area (Å²) in [6, 6.07) is 15.2. The third-order valence-corrected chi connectivity index (χ3v) is 5.12. The van der Waals surface area contributed by atoms with E-state index in [1.807, 2.05) is 0 Å². The molecular formula is C19H10Cl2N4O2. The van der Waals surface area contributed by atoms with Crippen molar-refractivity contribution in [3.8, 4) is 11.4 Å². The average molecular weight is 397 g/mol. The molecule has 27 heavy (non-hydrogen) atoms. The maximum atomic E-state index is 12.8. The summed E-state index contributed by atoms with van der Waals surface area (Å²) < 4.78 is 1.75. The van der Waals surface area contributed by atoms with Crippen LogP contribution in [0.2, 0.25) is 10.0 Å². The zero-order valence-electron chi connectivity index (χ0n) is 13.6. The predicted molar refractivity (Wildman–Crippen MR) is 104 cm³/mol. The van der Waals surface area contributed by atoms with Gasteiger partial charge in [-0.2, -0.15) is 9.46 Å². The van der Waals surface area contributed by atoms with E-state index in [4.69, 9.17) is 23.2 Å². The number of para-hydroxylation sites is 2. The summed E-state index contributed by atoms with van der Waals surface area (Å²) >= 11 is 12.5. The Kier molecular flexibility index (Phi) is 3.40. The molecule has 0 bridgehead atoms. The van der Waals surface area contributed by atoms with Gasteiger partial charge < -0.3 is 10.4 Å². The number of imidazole rings is 1. The van der Waals surface area contributed by atoms with Gasteiger partial charge in [0, 0.05) is 18.2 Å². The van der Waals surface area contributed by atoms with Crippen LogP contribution in [0.5, 0.6) is 0 Å². The molecule has 2 heterocycles. The van der Waals surface area contributed by atoms with E-state index in [0.29, 0.717) is 49.0 Å². The highest BCUT2D eigenvalue weighted by Crippen LogP contribution is 2.34. The molecule has 0 aliphatic rings. The van der Waals surface area contributed by atoms with Crippen LogP contribution < -0.4 is 4.73 Å². The molecule has 132 valence electrons. The van der Waals surface area contributed by atoms with E-state index in [-0.39, 0.29) is 5.52 Å². The Morgan fingerprint density at radius 2 is 1.52 bits per heavy atom. The van der Waals surface area contributed by atoms with E-state index < -0.39 is 0 Å². The smallest absolute Gasteiger partial charge is 0.246 e. The van der Waals surface area contributed by atoms with Gasteiger partial charge in [-0.1, -0.05) is 41.4 Å². The Morgan fingerprint density at radius 1 is 0.852 bits per heavy atom. The Bertz CT molecular complexity index is 1280. The van der Waals surface area contributed by atoms with Gasteiger partial charge in [0.2, 0.25) is 11.0 Å². The molecule has 0 atom stereocenters. The third-order valence-electron chi connectivity index (χ3n) is 4.49. The van der Waals surface area contributed by atoms with Gasteiger partial charge in [0.1, 0.15) is 0 Å². The van der Waals surface area contributed by atoms with Gasteiger partial charge in [0.15, 0.2) is 16.9 Å². The average Bonchev–Trinajstić information content (AvgIpc) is 3.07. The number of benzene rings is 3. The van der Waals surface area contributed by atoms with Crippen LogP contribution in [0, 0.1) is 5.21 Å². The summed E-state index contributed by atoms with van der Waals surface area (Å²) in [4.78, 5) is 8.97. The van der Waals surface area contributed by atoms with Crippen molar-refractivity contribution in [2.45, 2.75) is 0 Å². The SMILES string of the molecule is [O-][n+]1c2ccccc2n(O)c2cc3nc(-c4c(Cl)cccc4Cl)nc3cc21. The molecule has 0 fully saturated rings. The maximum Gasteiger partial charge on any atom is 0.246 e. The third kappa shape index (κ3) is 2.31. The van der Waals surface area contributed by atoms with Crippen molar-refractivity contribution in [2.24, 2.45) is 0 Å².